The molecule has 0 unspecified atom stereocenters. The number of carbonyl (C=O) groups excluding carboxylic acids is 1. The monoisotopic (exact) mass is 428 g/mol. The fourth-order valence-corrected chi connectivity index (χ4v) is 3.98. The van der Waals surface area contributed by atoms with Gasteiger partial charge in [0.15, 0.2) is 11.0 Å². The molecular formula is C21H24N4O2S2. The smallest absolute Gasteiger partial charge is 0.234 e. The van der Waals surface area contributed by atoms with Gasteiger partial charge in [0.25, 0.3) is 0 Å². The Morgan fingerprint density at radius 1 is 1.14 bits per heavy atom. The van der Waals surface area contributed by atoms with Crippen molar-refractivity contribution in [1.29, 1.82) is 0 Å². The highest BCUT2D eigenvalue weighted by molar-refractivity contribution is 7.99. The van der Waals surface area contributed by atoms with E-state index in [0.717, 1.165) is 27.5 Å². The zero-order valence-electron chi connectivity index (χ0n) is 16.9. The van der Waals surface area contributed by atoms with Crippen LogP contribution in [0.1, 0.15) is 17.0 Å². The number of benzene rings is 2. The average Bonchev–Trinajstić information content (AvgIpc) is 3.06. The first kappa shape index (κ1) is 21.3. The van der Waals surface area contributed by atoms with Crippen LogP contribution in [0.2, 0.25) is 0 Å². The maximum Gasteiger partial charge on any atom is 0.234 e. The molecule has 8 heteroatoms. The number of aryl methyl sites for hydroxylation is 2. The van der Waals surface area contributed by atoms with Crippen LogP contribution in [0.5, 0.6) is 5.75 Å². The van der Waals surface area contributed by atoms with Crippen molar-refractivity contribution >= 4 is 35.1 Å². The molecule has 152 valence electrons. The van der Waals surface area contributed by atoms with Gasteiger partial charge in [0.1, 0.15) is 12.4 Å². The van der Waals surface area contributed by atoms with E-state index in [1.807, 2.05) is 74.2 Å². The summed E-state index contributed by atoms with van der Waals surface area (Å²) in [6.45, 7) is 4.37. The second-order valence-electron chi connectivity index (χ2n) is 6.54. The molecule has 0 aliphatic heterocycles. The van der Waals surface area contributed by atoms with E-state index >= 15 is 0 Å². The molecule has 0 bridgehead atoms. The summed E-state index contributed by atoms with van der Waals surface area (Å²) in [5.41, 5.74) is 2.97. The molecule has 1 aromatic heterocycles. The Hall–Kier alpha value is -2.45. The Morgan fingerprint density at radius 2 is 1.86 bits per heavy atom. The van der Waals surface area contributed by atoms with Crippen molar-refractivity contribution in [2.45, 2.75) is 30.5 Å². The fraction of sp³-hybridized carbons (Fsp3) is 0.286. The Labute approximate surface area is 179 Å². The third kappa shape index (κ3) is 5.55. The van der Waals surface area contributed by atoms with Gasteiger partial charge >= 0.3 is 0 Å². The molecule has 1 heterocycles. The molecule has 0 aliphatic carbocycles. The maximum absolute atomic E-state index is 12.3. The van der Waals surface area contributed by atoms with E-state index in [1.54, 1.807) is 11.8 Å². The van der Waals surface area contributed by atoms with E-state index in [9.17, 15) is 4.79 Å². The lowest BCUT2D eigenvalue weighted by Gasteiger charge is -2.11. The largest absolute Gasteiger partial charge is 0.485 e. The van der Waals surface area contributed by atoms with E-state index in [0.29, 0.717) is 17.6 Å². The SMILES string of the molecule is CSc1cccc(NC(=O)CSc2nnc(COc3c(C)cccc3C)n2C)c1. The van der Waals surface area contributed by atoms with Gasteiger partial charge < -0.3 is 14.6 Å². The lowest BCUT2D eigenvalue weighted by Crippen LogP contribution is -2.14. The lowest BCUT2D eigenvalue weighted by atomic mass is 10.1. The summed E-state index contributed by atoms with van der Waals surface area (Å²) < 4.78 is 7.82. The van der Waals surface area contributed by atoms with Gasteiger partial charge in [-0.25, -0.2) is 0 Å². The zero-order chi connectivity index (χ0) is 20.8. The number of nitrogens with one attached hydrogen (secondary N) is 1. The summed E-state index contributed by atoms with van der Waals surface area (Å²) in [5.74, 6) is 1.76. The second kappa shape index (κ2) is 9.84. The molecule has 0 spiro atoms. The number of ether oxygens (including phenoxy) is 1. The number of aromatic nitrogens is 3. The predicted molar refractivity (Wildman–Crippen MR) is 119 cm³/mol. The standard InChI is InChI=1S/C21H24N4O2S2/c1-14-7-5-8-15(2)20(14)27-12-18-23-24-21(25(18)3)29-13-19(26)22-16-9-6-10-17(11-16)28-4/h5-11H,12-13H2,1-4H3,(H,22,26). The van der Waals surface area contributed by atoms with Crippen LogP contribution < -0.4 is 10.1 Å². The van der Waals surface area contributed by atoms with E-state index < -0.39 is 0 Å². The van der Waals surface area contributed by atoms with Gasteiger partial charge in [-0.15, -0.1) is 22.0 Å². The van der Waals surface area contributed by atoms with Crippen molar-refractivity contribution < 1.29 is 9.53 Å². The molecule has 1 N–H and O–H groups in total. The minimum atomic E-state index is -0.0791. The Morgan fingerprint density at radius 3 is 2.59 bits per heavy atom. The first-order valence-corrected chi connectivity index (χ1v) is 11.3. The summed E-state index contributed by atoms with van der Waals surface area (Å²) in [7, 11) is 1.88. The van der Waals surface area contributed by atoms with Crippen LogP contribution >= 0.6 is 23.5 Å². The van der Waals surface area contributed by atoms with Crippen LogP contribution in [0, 0.1) is 13.8 Å². The summed E-state index contributed by atoms with van der Waals surface area (Å²) in [5, 5.41) is 12.0. The first-order valence-electron chi connectivity index (χ1n) is 9.12. The van der Waals surface area contributed by atoms with Gasteiger partial charge in [0.2, 0.25) is 5.91 Å². The van der Waals surface area contributed by atoms with E-state index in [-0.39, 0.29) is 11.7 Å². The van der Waals surface area contributed by atoms with Gasteiger partial charge in [0, 0.05) is 17.6 Å². The molecule has 1 amide bonds. The number of thioether (sulfide) groups is 2. The molecule has 0 saturated carbocycles. The number of hydrogen-bond donors (Lipinski definition) is 1. The number of amides is 1. The summed E-state index contributed by atoms with van der Waals surface area (Å²) in [6, 6.07) is 13.8. The normalized spacial score (nSPS) is 10.8. The minimum absolute atomic E-state index is 0.0791. The van der Waals surface area contributed by atoms with Crippen molar-refractivity contribution in [3.05, 3.63) is 59.4 Å². The minimum Gasteiger partial charge on any atom is -0.485 e. The first-order chi connectivity index (χ1) is 14.0. The molecule has 0 aliphatic rings. The number of carbonyl (C=O) groups is 1. The second-order valence-corrected chi connectivity index (χ2v) is 8.36. The van der Waals surface area contributed by atoms with Crippen LogP contribution in [0.4, 0.5) is 5.69 Å². The number of hydrogen-bond acceptors (Lipinski definition) is 6. The highest BCUT2D eigenvalue weighted by Gasteiger charge is 2.13. The van der Waals surface area contributed by atoms with Crippen molar-refractivity contribution in [2.75, 3.05) is 17.3 Å². The molecule has 6 nitrogen and oxygen atoms in total. The van der Waals surface area contributed by atoms with Crippen molar-refractivity contribution in [1.82, 2.24) is 14.8 Å². The maximum atomic E-state index is 12.3. The van der Waals surface area contributed by atoms with Crippen LogP contribution in [0.3, 0.4) is 0 Å². The highest BCUT2D eigenvalue weighted by Crippen LogP contribution is 2.24. The Balaban J connectivity index is 1.56. The molecule has 0 fully saturated rings. The lowest BCUT2D eigenvalue weighted by molar-refractivity contribution is -0.113. The average molecular weight is 429 g/mol. The third-order valence-corrected chi connectivity index (χ3v) is 6.11. The number of nitrogens with zero attached hydrogens (tertiary/aromatic N) is 3. The van der Waals surface area contributed by atoms with Crippen LogP contribution in [-0.4, -0.2) is 32.7 Å². The molecular weight excluding hydrogens is 404 g/mol. The van der Waals surface area contributed by atoms with Gasteiger partial charge in [-0.3, -0.25) is 4.79 Å². The zero-order valence-corrected chi connectivity index (χ0v) is 18.6. The Kier molecular flexibility index (Phi) is 7.22. The van der Waals surface area contributed by atoms with Gasteiger partial charge in [-0.2, -0.15) is 0 Å². The van der Waals surface area contributed by atoms with Crippen LogP contribution in [-0.2, 0) is 18.4 Å². The van der Waals surface area contributed by atoms with Crippen molar-refractivity contribution in [2.24, 2.45) is 7.05 Å². The van der Waals surface area contributed by atoms with Crippen LogP contribution in [0.25, 0.3) is 0 Å². The van der Waals surface area contributed by atoms with Gasteiger partial charge in [-0.05, 0) is 49.4 Å². The van der Waals surface area contributed by atoms with Crippen LogP contribution in [0.15, 0.2) is 52.5 Å². The summed E-state index contributed by atoms with van der Waals surface area (Å²) >= 11 is 2.99. The van der Waals surface area contributed by atoms with E-state index in [4.69, 9.17) is 4.74 Å². The molecule has 0 radical (unpaired) electrons. The quantitative estimate of drug-likeness (QED) is 0.534. The fourth-order valence-electron chi connectivity index (χ4n) is 2.79. The predicted octanol–water partition coefficient (Wildman–Crippen LogP) is 4.46. The number of para-hydroxylation sites is 1. The molecule has 0 atom stereocenters. The van der Waals surface area contributed by atoms with E-state index in [1.165, 1.54) is 11.8 Å². The molecule has 3 rings (SSSR count). The summed E-state index contributed by atoms with van der Waals surface area (Å²) in [4.78, 5) is 13.4. The van der Waals surface area contributed by atoms with Gasteiger partial charge in [0.05, 0.1) is 5.75 Å². The van der Waals surface area contributed by atoms with Crippen molar-refractivity contribution in [3.63, 3.8) is 0 Å². The summed E-state index contributed by atoms with van der Waals surface area (Å²) in [6.07, 6.45) is 2.01. The van der Waals surface area contributed by atoms with E-state index in [2.05, 4.69) is 15.5 Å². The molecule has 3 aromatic rings. The van der Waals surface area contributed by atoms with Gasteiger partial charge in [-0.1, -0.05) is 36.0 Å². The molecule has 29 heavy (non-hydrogen) atoms. The topological polar surface area (TPSA) is 69.0 Å². The number of anilines is 1. The van der Waals surface area contributed by atoms with Crippen molar-refractivity contribution in [3.8, 4) is 5.75 Å². The number of rotatable bonds is 8. The third-order valence-electron chi connectivity index (χ3n) is 4.37. The molecule has 2 aromatic carbocycles. The molecule has 0 saturated heterocycles. The Bertz CT molecular complexity index is 984. The highest BCUT2D eigenvalue weighted by atomic mass is 32.2.